The first-order chi connectivity index (χ1) is 17.2. The van der Waals surface area contributed by atoms with Crippen molar-refractivity contribution in [2.45, 2.75) is 6.92 Å². The molecule has 2 heterocycles. The molecule has 2 N–H and O–H groups in total. The number of pyridine rings is 1. The zero-order valence-electron chi connectivity index (χ0n) is 20.6. The number of aliphatic imine (C=N–C) groups is 1. The van der Waals surface area contributed by atoms with Gasteiger partial charge in [0.1, 0.15) is 5.75 Å². The lowest BCUT2D eigenvalue weighted by molar-refractivity contribution is -0.115. The maximum atomic E-state index is 13.0. The summed E-state index contributed by atoms with van der Waals surface area (Å²) in [6, 6.07) is 10.4. The van der Waals surface area contributed by atoms with Crippen molar-refractivity contribution in [3.05, 3.63) is 84.7 Å². The van der Waals surface area contributed by atoms with Crippen LogP contribution in [0.5, 0.6) is 17.2 Å². The molecule has 2 amide bonds. The average molecular weight is 492 g/mol. The van der Waals surface area contributed by atoms with E-state index in [0.29, 0.717) is 34.9 Å². The van der Waals surface area contributed by atoms with E-state index in [1.54, 1.807) is 76.9 Å². The number of methoxy groups -OCH3 is 1. The fourth-order valence-corrected chi connectivity index (χ4v) is 3.18. The van der Waals surface area contributed by atoms with Crippen LogP contribution in [-0.2, 0) is 4.79 Å². The summed E-state index contributed by atoms with van der Waals surface area (Å²) >= 11 is 0. The number of allylic oxidation sites excluding steroid dienone is 1. The molecule has 1 aromatic carbocycles. The molecule has 0 spiro atoms. The van der Waals surface area contributed by atoms with E-state index in [9.17, 15) is 19.8 Å². The Labute approximate surface area is 209 Å². The third-order valence-corrected chi connectivity index (χ3v) is 5.22. The van der Waals surface area contributed by atoms with Crippen molar-refractivity contribution >= 4 is 24.7 Å². The van der Waals surface area contributed by atoms with E-state index in [1.807, 2.05) is 0 Å². The van der Waals surface area contributed by atoms with E-state index in [4.69, 9.17) is 4.74 Å². The molecule has 10 nitrogen and oxygen atoms in total. The van der Waals surface area contributed by atoms with Gasteiger partial charge in [-0.05, 0) is 56.1 Å². The minimum absolute atomic E-state index is 0.0310. The second kappa shape index (κ2) is 12.6. The van der Waals surface area contributed by atoms with Gasteiger partial charge < -0.3 is 29.3 Å². The van der Waals surface area contributed by atoms with Crippen LogP contribution >= 0.6 is 0 Å². The van der Waals surface area contributed by atoms with Gasteiger partial charge in [0.25, 0.3) is 5.91 Å². The number of aromatic hydroxyl groups is 2. The summed E-state index contributed by atoms with van der Waals surface area (Å²) in [5.74, 6) is -0.607. The van der Waals surface area contributed by atoms with Crippen molar-refractivity contribution in [1.29, 1.82) is 0 Å². The Hall–Kier alpha value is -4.86. The Morgan fingerprint density at radius 1 is 1.17 bits per heavy atom. The summed E-state index contributed by atoms with van der Waals surface area (Å²) in [5.41, 5.74) is 2.13. The van der Waals surface area contributed by atoms with Gasteiger partial charge in [-0.1, -0.05) is 6.58 Å². The standard InChI is InChI=1S/C19H19N3O4.C7H10N2O/c1-12-17(23)18(24)16(19(25)21(2)14-5-4-10-20-11-14)22(12)13-6-8-15(26-3)9-7-13;1-4-7(5-8-2)9(3)6-10/h4-11,23-24H,1-3H3;4-6H,1-2H2,3H3/b;7-5+. The molecule has 3 aromatic rings. The lowest BCUT2D eigenvalue weighted by Crippen LogP contribution is -2.28. The molecule has 0 aliphatic heterocycles. The molecule has 0 aliphatic carbocycles. The van der Waals surface area contributed by atoms with Crippen LogP contribution in [0.15, 0.2) is 78.3 Å². The van der Waals surface area contributed by atoms with Crippen LogP contribution in [-0.4, -0.2) is 64.9 Å². The van der Waals surface area contributed by atoms with Crippen molar-refractivity contribution in [3.63, 3.8) is 0 Å². The molecule has 0 bridgehead atoms. The summed E-state index contributed by atoms with van der Waals surface area (Å²) in [6.45, 7) is 8.37. The van der Waals surface area contributed by atoms with Crippen molar-refractivity contribution in [3.8, 4) is 22.9 Å². The van der Waals surface area contributed by atoms with Gasteiger partial charge in [-0.2, -0.15) is 0 Å². The number of ether oxygens (including phenoxy) is 1. The first-order valence-electron chi connectivity index (χ1n) is 10.6. The zero-order valence-corrected chi connectivity index (χ0v) is 20.6. The summed E-state index contributed by atoms with van der Waals surface area (Å²) in [5, 5.41) is 20.6. The van der Waals surface area contributed by atoms with Gasteiger partial charge in [-0.15, -0.1) is 0 Å². The molecule has 2 aromatic heterocycles. The molecule has 0 saturated carbocycles. The third-order valence-electron chi connectivity index (χ3n) is 5.22. The number of aromatic nitrogens is 2. The van der Waals surface area contributed by atoms with Crippen LogP contribution in [0.4, 0.5) is 5.69 Å². The van der Waals surface area contributed by atoms with Crippen molar-refractivity contribution in [1.82, 2.24) is 14.5 Å². The molecular formula is C26H29N5O5. The molecular weight excluding hydrogens is 462 g/mol. The molecule has 0 fully saturated rings. The van der Waals surface area contributed by atoms with Crippen LogP contribution in [0.2, 0.25) is 0 Å². The van der Waals surface area contributed by atoms with E-state index < -0.39 is 11.7 Å². The lowest BCUT2D eigenvalue weighted by Gasteiger charge is -2.19. The second-order valence-corrected chi connectivity index (χ2v) is 7.40. The highest BCUT2D eigenvalue weighted by Gasteiger charge is 2.28. The summed E-state index contributed by atoms with van der Waals surface area (Å²) in [6.07, 6.45) is 6.82. The van der Waals surface area contributed by atoms with Crippen LogP contribution in [0.1, 0.15) is 16.2 Å². The van der Waals surface area contributed by atoms with Gasteiger partial charge in [0.2, 0.25) is 6.41 Å². The predicted octanol–water partition coefficient (Wildman–Crippen LogP) is 3.68. The van der Waals surface area contributed by atoms with E-state index in [1.165, 1.54) is 26.6 Å². The predicted molar refractivity (Wildman–Crippen MR) is 139 cm³/mol. The average Bonchev–Trinajstić information content (AvgIpc) is 3.15. The SMILES string of the molecule is C=C/C(=C\N=C)N(C)C=O.COc1ccc(-n2c(C)c(O)c(O)c2C(=O)N(C)c2cccnc2)cc1. The fourth-order valence-electron chi connectivity index (χ4n) is 3.18. The number of rotatable bonds is 8. The van der Waals surface area contributed by atoms with Crippen molar-refractivity contribution < 1.29 is 24.5 Å². The summed E-state index contributed by atoms with van der Waals surface area (Å²) in [4.78, 5) is 33.4. The summed E-state index contributed by atoms with van der Waals surface area (Å²) < 4.78 is 6.66. The molecule has 3 rings (SSSR count). The van der Waals surface area contributed by atoms with E-state index in [-0.39, 0.29) is 11.4 Å². The van der Waals surface area contributed by atoms with E-state index >= 15 is 0 Å². The van der Waals surface area contributed by atoms with Gasteiger partial charge >= 0.3 is 0 Å². The number of hydrogen-bond acceptors (Lipinski definition) is 7. The Bertz CT molecular complexity index is 1250. The van der Waals surface area contributed by atoms with Crippen LogP contribution in [0.25, 0.3) is 5.69 Å². The minimum Gasteiger partial charge on any atom is -0.503 e. The Morgan fingerprint density at radius 3 is 2.33 bits per heavy atom. The first kappa shape index (κ1) is 27.4. The monoisotopic (exact) mass is 491 g/mol. The first-order valence-corrected chi connectivity index (χ1v) is 10.6. The Balaban J connectivity index is 0.000000388. The molecule has 0 atom stereocenters. The van der Waals surface area contributed by atoms with Gasteiger partial charge in [-0.3, -0.25) is 19.6 Å². The zero-order chi connectivity index (χ0) is 26.8. The molecule has 0 radical (unpaired) electrons. The molecule has 188 valence electrons. The molecule has 0 unspecified atom stereocenters. The number of nitrogens with zero attached hydrogens (tertiary/aromatic N) is 5. The van der Waals surface area contributed by atoms with E-state index in [2.05, 4.69) is 23.3 Å². The van der Waals surface area contributed by atoms with Gasteiger partial charge in [0.05, 0.1) is 30.4 Å². The lowest BCUT2D eigenvalue weighted by atomic mass is 10.2. The van der Waals surface area contributed by atoms with Gasteiger partial charge in [-0.25, -0.2) is 0 Å². The quantitative estimate of drug-likeness (QED) is 0.282. The fraction of sp³-hybridized carbons (Fsp3) is 0.154. The largest absolute Gasteiger partial charge is 0.503 e. The van der Waals surface area contributed by atoms with Crippen LogP contribution in [0.3, 0.4) is 0 Å². The topological polar surface area (TPSA) is 120 Å². The number of amides is 2. The molecule has 36 heavy (non-hydrogen) atoms. The number of benzene rings is 1. The Morgan fingerprint density at radius 2 is 1.83 bits per heavy atom. The maximum absolute atomic E-state index is 13.0. The van der Waals surface area contributed by atoms with Crippen molar-refractivity contribution in [2.24, 2.45) is 4.99 Å². The van der Waals surface area contributed by atoms with Gasteiger partial charge in [0, 0.05) is 32.2 Å². The van der Waals surface area contributed by atoms with Crippen molar-refractivity contribution in [2.75, 3.05) is 26.1 Å². The van der Waals surface area contributed by atoms with Crippen LogP contribution in [0, 0.1) is 6.92 Å². The molecule has 0 aliphatic rings. The second-order valence-electron chi connectivity index (χ2n) is 7.40. The van der Waals surface area contributed by atoms with E-state index in [0.717, 1.165) is 0 Å². The number of anilines is 1. The normalized spacial score (nSPS) is 10.5. The highest BCUT2D eigenvalue weighted by atomic mass is 16.5. The third kappa shape index (κ3) is 5.98. The highest BCUT2D eigenvalue weighted by molar-refractivity contribution is 6.07. The highest BCUT2D eigenvalue weighted by Crippen LogP contribution is 2.38. The minimum atomic E-state index is -0.477. The molecule has 10 heteroatoms. The smallest absolute Gasteiger partial charge is 0.279 e. The number of carbonyl (C=O) groups is 2. The summed E-state index contributed by atoms with van der Waals surface area (Å²) in [7, 11) is 4.76. The number of carbonyl (C=O) groups excluding carboxylic acids is 2. The Kier molecular flexibility index (Phi) is 9.55. The van der Waals surface area contributed by atoms with Crippen LogP contribution < -0.4 is 9.64 Å². The molecule has 0 saturated heterocycles. The number of likely N-dealkylation sites (N-methyl/N-ethyl adjacent to an activating group) is 1. The van der Waals surface area contributed by atoms with Gasteiger partial charge in [0.15, 0.2) is 17.2 Å². The number of hydrogen-bond donors (Lipinski definition) is 2. The maximum Gasteiger partial charge on any atom is 0.279 e.